The Morgan fingerprint density at radius 1 is 1.31 bits per heavy atom. The van der Waals surface area contributed by atoms with Crippen molar-refractivity contribution in [1.82, 2.24) is 20.7 Å². The standard InChI is InChI=1S/C18H17ClN4O3/c1-10-6-12(8-15-17(10)22-23-21-15)18(26)20-13(9-16(24)25)7-11-4-2-3-5-14(11)19/h2-6,8,13H,7,9H2,1H3,(H,20,26)(H,24,25)(H,21,22,23)/t13-/m1/s1. The van der Waals surface area contributed by atoms with Crippen molar-refractivity contribution in [1.29, 1.82) is 0 Å². The third-order valence-corrected chi connectivity index (χ3v) is 4.43. The van der Waals surface area contributed by atoms with E-state index < -0.39 is 12.0 Å². The lowest BCUT2D eigenvalue weighted by atomic mass is 10.0. The fourth-order valence-corrected chi connectivity index (χ4v) is 3.05. The number of aliphatic carboxylic acids is 1. The number of H-pyrrole nitrogens is 1. The molecular weight excluding hydrogens is 356 g/mol. The van der Waals surface area contributed by atoms with Crippen LogP contribution in [0.3, 0.4) is 0 Å². The van der Waals surface area contributed by atoms with E-state index in [1.807, 2.05) is 19.1 Å². The Hall–Kier alpha value is -2.93. The molecule has 0 aliphatic heterocycles. The molecule has 7 nitrogen and oxygen atoms in total. The number of benzene rings is 2. The monoisotopic (exact) mass is 372 g/mol. The molecule has 0 spiro atoms. The second kappa shape index (κ2) is 7.53. The zero-order valence-electron chi connectivity index (χ0n) is 14.0. The molecule has 0 radical (unpaired) electrons. The van der Waals surface area contributed by atoms with Gasteiger partial charge in [-0.25, -0.2) is 0 Å². The summed E-state index contributed by atoms with van der Waals surface area (Å²) < 4.78 is 0. The highest BCUT2D eigenvalue weighted by Crippen LogP contribution is 2.19. The van der Waals surface area contributed by atoms with Crippen molar-refractivity contribution < 1.29 is 14.7 Å². The van der Waals surface area contributed by atoms with Crippen LogP contribution < -0.4 is 5.32 Å². The van der Waals surface area contributed by atoms with Crippen LogP contribution in [0.2, 0.25) is 5.02 Å². The van der Waals surface area contributed by atoms with Crippen molar-refractivity contribution in [2.75, 3.05) is 0 Å². The second-order valence-electron chi connectivity index (χ2n) is 6.06. The number of amides is 1. The molecule has 0 aliphatic carbocycles. The maximum Gasteiger partial charge on any atom is 0.305 e. The molecule has 0 aliphatic rings. The predicted molar refractivity (Wildman–Crippen MR) is 97.3 cm³/mol. The number of carboxylic acid groups (broad SMARTS) is 1. The van der Waals surface area contributed by atoms with Gasteiger partial charge in [0.2, 0.25) is 0 Å². The van der Waals surface area contributed by atoms with E-state index in [4.69, 9.17) is 16.7 Å². The van der Waals surface area contributed by atoms with Gasteiger partial charge in [0, 0.05) is 16.6 Å². The molecule has 1 heterocycles. The second-order valence-corrected chi connectivity index (χ2v) is 6.47. The molecule has 0 saturated carbocycles. The van der Waals surface area contributed by atoms with Crippen LogP contribution in [-0.2, 0) is 11.2 Å². The van der Waals surface area contributed by atoms with E-state index in [-0.39, 0.29) is 12.3 Å². The number of carboxylic acids is 1. The number of aromatic amines is 1. The third kappa shape index (κ3) is 4.00. The molecule has 3 N–H and O–H groups in total. The van der Waals surface area contributed by atoms with E-state index in [1.165, 1.54) is 0 Å². The summed E-state index contributed by atoms with van der Waals surface area (Å²) in [7, 11) is 0. The van der Waals surface area contributed by atoms with Gasteiger partial charge in [0.25, 0.3) is 5.91 Å². The average Bonchev–Trinajstić information content (AvgIpc) is 3.05. The van der Waals surface area contributed by atoms with Crippen molar-refractivity contribution in [2.45, 2.75) is 25.8 Å². The number of carbonyl (C=O) groups excluding carboxylic acids is 1. The fourth-order valence-electron chi connectivity index (χ4n) is 2.84. The van der Waals surface area contributed by atoms with E-state index in [0.717, 1.165) is 11.1 Å². The highest BCUT2D eigenvalue weighted by Gasteiger charge is 2.19. The number of carbonyl (C=O) groups is 2. The fraction of sp³-hybridized carbons (Fsp3) is 0.222. The van der Waals surface area contributed by atoms with Gasteiger partial charge in [0.05, 0.1) is 11.9 Å². The number of nitrogens with zero attached hydrogens (tertiary/aromatic N) is 2. The third-order valence-electron chi connectivity index (χ3n) is 4.06. The van der Waals surface area contributed by atoms with E-state index in [1.54, 1.807) is 24.3 Å². The molecule has 0 saturated heterocycles. The molecule has 1 atom stereocenters. The van der Waals surface area contributed by atoms with Gasteiger partial charge in [0.1, 0.15) is 5.52 Å². The zero-order valence-corrected chi connectivity index (χ0v) is 14.7. The molecule has 8 heteroatoms. The molecule has 3 rings (SSSR count). The Labute approximate surface area is 154 Å². The van der Waals surface area contributed by atoms with Crippen LogP contribution >= 0.6 is 11.6 Å². The predicted octanol–water partition coefficient (Wildman–Crippen LogP) is 2.74. The first-order chi connectivity index (χ1) is 12.4. The van der Waals surface area contributed by atoms with Crippen LogP contribution in [0.15, 0.2) is 36.4 Å². The number of aryl methyl sites for hydroxylation is 1. The SMILES string of the molecule is Cc1cc(C(=O)N[C@@H](CC(=O)O)Cc2ccccc2Cl)cc2[nH]nnc12. The summed E-state index contributed by atoms with van der Waals surface area (Å²) in [6, 6.07) is 9.93. The first-order valence-corrected chi connectivity index (χ1v) is 8.39. The van der Waals surface area contributed by atoms with Gasteiger partial charge in [0.15, 0.2) is 0 Å². The first kappa shape index (κ1) is 17.9. The van der Waals surface area contributed by atoms with Crippen LogP contribution in [0.1, 0.15) is 27.9 Å². The lowest BCUT2D eigenvalue weighted by Crippen LogP contribution is -2.38. The Kier molecular flexibility index (Phi) is 5.18. The maximum absolute atomic E-state index is 12.6. The summed E-state index contributed by atoms with van der Waals surface area (Å²) >= 11 is 6.15. The van der Waals surface area contributed by atoms with Crippen LogP contribution in [0.5, 0.6) is 0 Å². The quantitative estimate of drug-likeness (QED) is 0.616. The van der Waals surface area contributed by atoms with Gasteiger partial charge in [-0.3, -0.25) is 14.7 Å². The number of aromatic nitrogens is 3. The number of halogens is 1. The molecule has 0 bridgehead atoms. The van der Waals surface area contributed by atoms with Gasteiger partial charge in [-0.15, -0.1) is 5.10 Å². The number of nitrogens with one attached hydrogen (secondary N) is 2. The molecule has 1 aromatic heterocycles. The number of fused-ring (bicyclic) bond motifs is 1. The molecule has 0 fully saturated rings. The van der Waals surface area contributed by atoms with Crippen molar-refractivity contribution in [2.24, 2.45) is 0 Å². The number of hydrogen-bond acceptors (Lipinski definition) is 4. The summed E-state index contributed by atoms with van der Waals surface area (Å²) in [5, 5.41) is 22.9. The Morgan fingerprint density at radius 2 is 2.08 bits per heavy atom. The van der Waals surface area contributed by atoms with E-state index in [0.29, 0.717) is 28.0 Å². The van der Waals surface area contributed by atoms with E-state index >= 15 is 0 Å². The van der Waals surface area contributed by atoms with Gasteiger partial charge in [-0.2, -0.15) is 0 Å². The van der Waals surface area contributed by atoms with Crippen LogP contribution in [-0.4, -0.2) is 38.4 Å². The molecular formula is C18H17ClN4O3. The van der Waals surface area contributed by atoms with Gasteiger partial charge >= 0.3 is 5.97 Å². The average molecular weight is 373 g/mol. The molecule has 2 aromatic carbocycles. The smallest absolute Gasteiger partial charge is 0.305 e. The maximum atomic E-state index is 12.6. The van der Waals surface area contributed by atoms with Crippen molar-refractivity contribution in [3.63, 3.8) is 0 Å². The summed E-state index contributed by atoms with van der Waals surface area (Å²) in [4.78, 5) is 23.8. The number of rotatable bonds is 6. The zero-order chi connectivity index (χ0) is 18.7. The molecule has 1 amide bonds. The Morgan fingerprint density at radius 3 is 2.81 bits per heavy atom. The summed E-state index contributed by atoms with van der Waals surface area (Å²) in [5.41, 5.74) is 3.35. The summed E-state index contributed by atoms with van der Waals surface area (Å²) in [5.74, 6) is -1.35. The molecule has 26 heavy (non-hydrogen) atoms. The van der Waals surface area contributed by atoms with Crippen LogP contribution in [0.4, 0.5) is 0 Å². The first-order valence-electron chi connectivity index (χ1n) is 8.01. The van der Waals surface area contributed by atoms with Gasteiger partial charge in [-0.05, 0) is 42.7 Å². The minimum Gasteiger partial charge on any atom is -0.481 e. The van der Waals surface area contributed by atoms with E-state index in [2.05, 4.69) is 20.7 Å². The molecule has 134 valence electrons. The van der Waals surface area contributed by atoms with Crippen molar-refractivity contribution >= 4 is 34.5 Å². The van der Waals surface area contributed by atoms with Crippen LogP contribution in [0.25, 0.3) is 11.0 Å². The Bertz CT molecular complexity index is 970. The highest BCUT2D eigenvalue weighted by molar-refractivity contribution is 6.31. The summed E-state index contributed by atoms with van der Waals surface area (Å²) in [6.45, 7) is 1.83. The molecule has 0 unspecified atom stereocenters. The minimum absolute atomic E-state index is 0.205. The van der Waals surface area contributed by atoms with Crippen molar-refractivity contribution in [3.8, 4) is 0 Å². The minimum atomic E-state index is -0.994. The summed E-state index contributed by atoms with van der Waals surface area (Å²) in [6.07, 6.45) is 0.119. The largest absolute Gasteiger partial charge is 0.481 e. The van der Waals surface area contributed by atoms with Gasteiger partial charge in [-0.1, -0.05) is 35.0 Å². The lowest BCUT2D eigenvalue weighted by molar-refractivity contribution is -0.137. The van der Waals surface area contributed by atoms with Crippen molar-refractivity contribution in [3.05, 3.63) is 58.1 Å². The molecule has 3 aromatic rings. The normalized spacial score (nSPS) is 12.1. The lowest BCUT2D eigenvalue weighted by Gasteiger charge is -2.18. The highest BCUT2D eigenvalue weighted by atomic mass is 35.5. The van der Waals surface area contributed by atoms with E-state index in [9.17, 15) is 9.59 Å². The number of hydrogen-bond donors (Lipinski definition) is 3. The Balaban J connectivity index is 1.81. The van der Waals surface area contributed by atoms with Crippen LogP contribution in [0, 0.1) is 6.92 Å². The topological polar surface area (TPSA) is 108 Å². The van der Waals surface area contributed by atoms with Gasteiger partial charge < -0.3 is 10.4 Å².